The van der Waals surface area contributed by atoms with E-state index in [0.717, 1.165) is 11.3 Å². The first-order chi connectivity index (χ1) is 15.5. The molecule has 1 aromatic heterocycles. The molecule has 0 saturated carbocycles. The van der Waals surface area contributed by atoms with Crippen molar-refractivity contribution >= 4 is 17.3 Å². The van der Waals surface area contributed by atoms with Crippen LogP contribution in [0.3, 0.4) is 0 Å². The number of ether oxygens (including phenoxy) is 1. The molecule has 0 spiro atoms. The SMILES string of the molecule is COc1ccc(-c2cnc(-c3ccccc3C(=O)Nc3cccc([N+](=O)[O-])c3C)o2)cc1. The van der Waals surface area contributed by atoms with E-state index in [2.05, 4.69) is 10.3 Å². The van der Waals surface area contributed by atoms with Crippen molar-refractivity contribution in [3.05, 3.63) is 94.2 Å². The number of anilines is 1. The van der Waals surface area contributed by atoms with Crippen molar-refractivity contribution in [1.29, 1.82) is 0 Å². The van der Waals surface area contributed by atoms with Gasteiger partial charge in [-0.2, -0.15) is 0 Å². The molecule has 0 aliphatic carbocycles. The van der Waals surface area contributed by atoms with E-state index in [1.165, 1.54) is 12.1 Å². The van der Waals surface area contributed by atoms with Gasteiger partial charge in [-0.1, -0.05) is 18.2 Å². The molecule has 1 N–H and O–H groups in total. The third-order valence-corrected chi connectivity index (χ3v) is 5.03. The number of nitro groups is 1. The highest BCUT2D eigenvalue weighted by Gasteiger charge is 2.19. The number of hydrogen-bond acceptors (Lipinski definition) is 6. The topological polar surface area (TPSA) is 108 Å². The molecule has 1 amide bonds. The van der Waals surface area contributed by atoms with Gasteiger partial charge in [-0.15, -0.1) is 0 Å². The molecule has 3 aromatic carbocycles. The van der Waals surface area contributed by atoms with E-state index in [-0.39, 0.29) is 11.6 Å². The highest BCUT2D eigenvalue weighted by Crippen LogP contribution is 2.30. The Labute approximate surface area is 183 Å². The molecule has 0 aliphatic heterocycles. The van der Waals surface area contributed by atoms with Crippen LogP contribution in [0.2, 0.25) is 0 Å². The van der Waals surface area contributed by atoms with Crippen LogP contribution in [0.25, 0.3) is 22.8 Å². The van der Waals surface area contributed by atoms with Gasteiger partial charge < -0.3 is 14.5 Å². The van der Waals surface area contributed by atoms with Gasteiger partial charge in [0.2, 0.25) is 5.89 Å². The van der Waals surface area contributed by atoms with Crippen LogP contribution >= 0.6 is 0 Å². The smallest absolute Gasteiger partial charge is 0.274 e. The molecule has 4 rings (SSSR count). The third kappa shape index (κ3) is 4.06. The third-order valence-electron chi connectivity index (χ3n) is 5.03. The van der Waals surface area contributed by atoms with Crippen LogP contribution in [-0.2, 0) is 0 Å². The maximum atomic E-state index is 13.0. The summed E-state index contributed by atoms with van der Waals surface area (Å²) >= 11 is 0. The van der Waals surface area contributed by atoms with Gasteiger partial charge in [-0.25, -0.2) is 4.98 Å². The summed E-state index contributed by atoms with van der Waals surface area (Å²) in [6, 6.07) is 18.8. The lowest BCUT2D eigenvalue weighted by Crippen LogP contribution is -2.14. The molecular weight excluding hydrogens is 410 g/mol. The van der Waals surface area contributed by atoms with E-state index in [4.69, 9.17) is 9.15 Å². The van der Waals surface area contributed by atoms with Crippen molar-refractivity contribution in [2.45, 2.75) is 6.92 Å². The quantitative estimate of drug-likeness (QED) is 0.321. The number of rotatable bonds is 6. The summed E-state index contributed by atoms with van der Waals surface area (Å²) in [7, 11) is 1.60. The average Bonchev–Trinajstić information content (AvgIpc) is 3.30. The molecule has 0 unspecified atom stereocenters. The zero-order valence-corrected chi connectivity index (χ0v) is 17.4. The normalized spacial score (nSPS) is 10.6. The minimum atomic E-state index is -0.480. The van der Waals surface area contributed by atoms with Gasteiger partial charge in [-0.05, 0) is 49.4 Å². The van der Waals surface area contributed by atoms with Crippen molar-refractivity contribution < 1.29 is 18.9 Å². The first-order valence-electron chi connectivity index (χ1n) is 9.73. The fraction of sp³-hybridized carbons (Fsp3) is 0.0833. The lowest BCUT2D eigenvalue weighted by atomic mass is 10.1. The first kappa shape index (κ1) is 20.8. The second-order valence-electron chi connectivity index (χ2n) is 6.96. The van der Waals surface area contributed by atoms with Gasteiger partial charge in [0, 0.05) is 17.2 Å². The Bertz CT molecular complexity index is 1300. The summed E-state index contributed by atoms with van der Waals surface area (Å²) in [4.78, 5) is 28.1. The molecule has 0 radical (unpaired) electrons. The predicted octanol–water partition coefficient (Wildman–Crippen LogP) is 5.49. The number of nitrogens with one attached hydrogen (secondary N) is 1. The Morgan fingerprint density at radius 1 is 1.06 bits per heavy atom. The molecule has 0 bridgehead atoms. The van der Waals surface area contributed by atoms with Crippen LogP contribution in [0.15, 0.2) is 77.3 Å². The van der Waals surface area contributed by atoms with Crippen molar-refractivity contribution in [3.8, 4) is 28.5 Å². The van der Waals surface area contributed by atoms with Crippen LogP contribution in [0.4, 0.5) is 11.4 Å². The molecule has 0 atom stereocenters. The number of methoxy groups -OCH3 is 1. The van der Waals surface area contributed by atoms with Gasteiger partial charge in [-0.3, -0.25) is 14.9 Å². The molecule has 8 nitrogen and oxygen atoms in total. The Morgan fingerprint density at radius 2 is 1.81 bits per heavy atom. The number of carbonyl (C=O) groups excluding carboxylic acids is 1. The summed E-state index contributed by atoms with van der Waals surface area (Å²) in [5.74, 6) is 1.14. The number of aromatic nitrogens is 1. The second kappa shape index (κ2) is 8.73. The summed E-state index contributed by atoms with van der Waals surface area (Å²) in [6.07, 6.45) is 1.59. The van der Waals surface area contributed by atoms with E-state index >= 15 is 0 Å². The van der Waals surface area contributed by atoms with Crippen LogP contribution in [0.5, 0.6) is 5.75 Å². The largest absolute Gasteiger partial charge is 0.497 e. The monoisotopic (exact) mass is 429 g/mol. The van der Waals surface area contributed by atoms with Crippen LogP contribution < -0.4 is 10.1 Å². The molecule has 160 valence electrons. The van der Waals surface area contributed by atoms with E-state index in [9.17, 15) is 14.9 Å². The lowest BCUT2D eigenvalue weighted by molar-refractivity contribution is -0.385. The van der Waals surface area contributed by atoms with Gasteiger partial charge in [0.05, 0.1) is 35.0 Å². The highest BCUT2D eigenvalue weighted by atomic mass is 16.6. The zero-order chi connectivity index (χ0) is 22.7. The van der Waals surface area contributed by atoms with Gasteiger partial charge >= 0.3 is 0 Å². The maximum absolute atomic E-state index is 13.0. The molecule has 1 heterocycles. The summed E-state index contributed by atoms with van der Waals surface area (Å²) < 4.78 is 11.1. The Kier molecular flexibility index (Phi) is 5.67. The van der Waals surface area contributed by atoms with Gasteiger partial charge in [0.15, 0.2) is 5.76 Å². The minimum absolute atomic E-state index is 0.0621. The van der Waals surface area contributed by atoms with Crippen molar-refractivity contribution in [2.24, 2.45) is 0 Å². The fourth-order valence-electron chi connectivity index (χ4n) is 3.30. The number of nitro benzene ring substituents is 1. The number of nitrogens with zero attached hydrogens (tertiary/aromatic N) is 2. The fourth-order valence-corrected chi connectivity index (χ4v) is 3.30. The average molecular weight is 429 g/mol. The Balaban J connectivity index is 1.64. The summed E-state index contributed by atoms with van der Waals surface area (Å²) in [5.41, 5.74) is 2.34. The lowest BCUT2D eigenvalue weighted by Gasteiger charge is -2.10. The van der Waals surface area contributed by atoms with Gasteiger partial charge in [0.1, 0.15) is 5.75 Å². The van der Waals surface area contributed by atoms with Crippen LogP contribution in [-0.4, -0.2) is 22.9 Å². The van der Waals surface area contributed by atoms with Crippen molar-refractivity contribution in [2.75, 3.05) is 12.4 Å². The number of hydrogen-bond donors (Lipinski definition) is 1. The van der Waals surface area contributed by atoms with E-state index in [1.54, 1.807) is 50.6 Å². The number of carbonyl (C=O) groups is 1. The second-order valence-corrected chi connectivity index (χ2v) is 6.96. The molecule has 4 aromatic rings. The number of oxazole rings is 1. The van der Waals surface area contributed by atoms with E-state index in [0.29, 0.717) is 28.1 Å². The van der Waals surface area contributed by atoms with E-state index in [1.807, 2.05) is 24.3 Å². The van der Waals surface area contributed by atoms with E-state index < -0.39 is 10.8 Å². The zero-order valence-electron chi connectivity index (χ0n) is 17.4. The molecule has 32 heavy (non-hydrogen) atoms. The summed E-state index contributed by atoms with van der Waals surface area (Å²) in [5, 5.41) is 13.9. The van der Waals surface area contributed by atoms with Crippen molar-refractivity contribution in [1.82, 2.24) is 4.98 Å². The molecule has 0 fully saturated rings. The first-order valence-corrected chi connectivity index (χ1v) is 9.73. The number of amides is 1. The van der Waals surface area contributed by atoms with Crippen LogP contribution in [0.1, 0.15) is 15.9 Å². The molecule has 0 saturated heterocycles. The maximum Gasteiger partial charge on any atom is 0.274 e. The standard InChI is InChI=1S/C24H19N3O5/c1-15-20(8-5-9-21(15)27(29)30)26-23(28)18-6-3-4-7-19(18)24-25-14-22(32-24)16-10-12-17(31-2)13-11-16/h3-14H,1-2H3,(H,26,28). The molecular formula is C24H19N3O5. The van der Waals surface area contributed by atoms with Crippen molar-refractivity contribution in [3.63, 3.8) is 0 Å². The number of benzene rings is 3. The minimum Gasteiger partial charge on any atom is -0.497 e. The Hall–Kier alpha value is -4.46. The van der Waals surface area contributed by atoms with Crippen LogP contribution in [0, 0.1) is 17.0 Å². The molecule has 0 aliphatic rings. The highest BCUT2D eigenvalue weighted by molar-refractivity contribution is 6.08. The predicted molar refractivity (Wildman–Crippen MR) is 120 cm³/mol. The summed E-state index contributed by atoms with van der Waals surface area (Å²) in [6.45, 7) is 1.59. The molecule has 8 heteroatoms. The van der Waals surface area contributed by atoms with Gasteiger partial charge in [0.25, 0.3) is 11.6 Å². The Morgan fingerprint density at radius 3 is 2.53 bits per heavy atom.